The fourth-order valence-corrected chi connectivity index (χ4v) is 2.19. The number of carboxylic acid groups (broad SMARTS) is 1. The fraction of sp³-hybridized carbons (Fsp3) is 0.231. The molecule has 1 aromatic heterocycles. The minimum Gasteiger partial charge on any atom is -0.477 e. The zero-order valence-electron chi connectivity index (χ0n) is 11.0. The molecule has 23 heavy (non-hydrogen) atoms. The summed E-state index contributed by atoms with van der Waals surface area (Å²) in [7, 11) is 0. The average molecular weight is 339 g/mol. The number of rotatable bonds is 3. The Balaban J connectivity index is 3.13. The summed E-state index contributed by atoms with van der Waals surface area (Å²) >= 11 is 0. The van der Waals surface area contributed by atoms with Gasteiger partial charge >= 0.3 is 12.1 Å². The Labute approximate surface area is 123 Å². The van der Waals surface area contributed by atoms with Gasteiger partial charge in [0.15, 0.2) is 11.6 Å². The van der Waals surface area contributed by atoms with Gasteiger partial charge in [-0.3, -0.25) is 4.79 Å². The summed E-state index contributed by atoms with van der Waals surface area (Å²) in [5.74, 6) is -6.00. The molecular formula is C13H7F6NO3. The Bertz CT molecular complexity index is 856. The average Bonchev–Trinajstić information content (AvgIpc) is 2.42. The van der Waals surface area contributed by atoms with Crippen molar-refractivity contribution in [3.05, 3.63) is 45.2 Å². The van der Waals surface area contributed by atoms with E-state index in [2.05, 4.69) is 0 Å². The Morgan fingerprint density at radius 1 is 1.26 bits per heavy atom. The van der Waals surface area contributed by atoms with Gasteiger partial charge in [0.2, 0.25) is 5.43 Å². The molecule has 0 atom stereocenters. The minimum atomic E-state index is -5.38. The molecule has 2 aromatic rings. The smallest absolute Gasteiger partial charge is 0.421 e. The predicted molar refractivity (Wildman–Crippen MR) is 66.1 cm³/mol. The van der Waals surface area contributed by atoms with E-state index in [4.69, 9.17) is 5.11 Å². The van der Waals surface area contributed by atoms with Crippen LogP contribution in [-0.4, -0.2) is 22.3 Å². The highest BCUT2D eigenvalue weighted by atomic mass is 19.4. The number of hydrogen-bond acceptors (Lipinski definition) is 2. The van der Waals surface area contributed by atoms with Crippen molar-refractivity contribution in [2.24, 2.45) is 0 Å². The summed E-state index contributed by atoms with van der Waals surface area (Å²) in [5.41, 5.74) is -5.60. The second kappa shape index (κ2) is 5.60. The maximum absolute atomic E-state index is 13.6. The third-order valence-corrected chi connectivity index (χ3v) is 3.09. The number of pyridine rings is 1. The Morgan fingerprint density at radius 2 is 1.87 bits per heavy atom. The molecule has 0 fully saturated rings. The SMILES string of the molecule is O=C(O)c1cn(CCF)c2c(C(F)(F)F)c(F)c(F)cc2c1=O. The minimum absolute atomic E-state index is 0.170. The van der Waals surface area contributed by atoms with Crippen LogP contribution in [0, 0.1) is 11.6 Å². The molecule has 0 spiro atoms. The molecule has 0 aliphatic rings. The Hall–Kier alpha value is -2.52. The molecule has 10 heteroatoms. The van der Waals surface area contributed by atoms with Gasteiger partial charge in [0.25, 0.3) is 0 Å². The predicted octanol–water partition coefficient (Wildman–Crippen LogP) is 2.97. The zero-order chi connectivity index (χ0) is 17.5. The maximum atomic E-state index is 13.6. The molecule has 0 aliphatic carbocycles. The lowest BCUT2D eigenvalue weighted by atomic mass is 10.0. The van der Waals surface area contributed by atoms with Crippen LogP contribution in [0.5, 0.6) is 0 Å². The second-order valence-electron chi connectivity index (χ2n) is 4.50. The molecule has 0 radical (unpaired) electrons. The van der Waals surface area contributed by atoms with Crippen molar-refractivity contribution < 1.29 is 36.2 Å². The van der Waals surface area contributed by atoms with Crippen molar-refractivity contribution in [3.63, 3.8) is 0 Å². The molecule has 1 aromatic carbocycles. The third kappa shape index (κ3) is 2.76. The monoisotopic (exact) mass is 339 g/mol. The number of halogens is 6. The Morgan fingerprint density at radius 3 is 2.35 bits per heavy atom. The Kier molecular flexibility index (Phi) is 4.10. The van der Waals surface area contributed by atoms with Crippen LogP contribution >= 0.6 is 0 Å². The lowest BCUT2D eigenvalue weighted by Crippen LogP contribution is -2.23. The first kappa shape index (κ1) is 16.8. The van der Waals surface area contributed by atoms with E-state index < -0.39 is 64.5 Å². The van der Waals surface area contributed by atoms with Crippen LogP contribution in [0.25, 0.3) is 10.9 Å². The number of hydrogen-bond donors (Lipinski definition) is 1. The van der Waals surface area contributed by atoms with E-state index in [0.29, 0.717) is 10.8 Å². The van der Waals surface area contributed by atoms with Crippen LogP contribution in [0.3, 0.4) is 0 Å². The van der Waals surface area contributed by atoms with Gasteiger partial charge in [-0.05, 0) is 6.07 Å². The van der Waals surface area contributed by atoms with Crippen LogP contribution in [0.4, 0.5) is 26.3 Å². The fourth-order valence-electron chi connectivity index (χ4n) is 2.19. The van der Waals surface area contributed by atoms with E-state index in [1.54, 1.807) is 0 Å². The van der Waals surface area contributed by atoms with Gasteiger partial charge in [-0.2, -0.15) is 13.2 Å². The summed E-state index contributed by atoms with van der Waals surface area (Å²) in [6.07, 6.45) is -4.90. The normalized spacial score (nSPS) is 11.9. The van der Waals surface area contributed by atoms with Gasteiger partial charge < -0.3 is 9.67 Å². The van der Waals surface area contributed by atoms with Crippen LogP contribution in [0.2, 0.25) is 0 Å². The van der Waals surface area contributed by atoms with Gasteiger partial charge in [0.1, 0.15) is 17.8 Å². The van der Waals surface area contributed by atoms with Crippen LogP contribution in [-0.2, 0) is 12.7 Å². The molecular weight excluding hydrogens is 332 g/mol. The van der Waals surface area contributed by atoms with Gasteiger partial charge in [-0.15, -0.1) is 0 Å². The summed E-state index contributed by atoms with van der Waals surface area (Å²) < 4.78 is 79.1. The molecule has 1 N–H and O–H groups in total. The van der Waals surface area contributed by atoms with Crippen molar-refractivity contribution in [2.45, 2.75) is 12.7 Å². The van der Waals surface area contributed by atoms with Crippen molar-refractivity contribution in [3.8, 4) is 0 Å². The molecule has 2 rings (SSSR count). The highest BCUT2D eigenvalue weighted by molar-refractivity contribution is 5.93. The maximum Gasteiger partial charge on any atom is 0.421 e. The number of aryl methyl sites for hydroxylation is 1. The molecule has 0 aliphatic heterocycles. The van der Waals surface area contributed by atoms with E-state index in [1.165, 1.54) is 0 Å². The quantitative estimate of drug-likeness (QED) is 0.875. The van der Waals surface area contributed by atoms with Crippen molar-refractivity contribution in [2.75, 3.05) is 6.67 Å². The highest BCUT2D eigenvalue weighted by Gasteiger charge is 2.39. The standard InChI is InChI=1S/C13H7F6NO3/c14-1-2-20-4-6(12(22)23)11(21)5-3-7(15)9(16)8(10(5)20)13(17,18)19/h3-4H,1-2H2,(H,22,23). The lowest BCUT2D eigenvalue weighted by molar-refractivity contribution is -0.139. The number of fused-ring (bicyclic) bond motifs is 1. The zero-order valence-corrected chi connectivity index (χ0v) is 11.0. The number of nitrogens with zero attached hydrogens (tertiary/aromatic N) is 1. The first-order valence-corrected chi connectivity index (χ1v) is 6.01. The number of alkyl halides is 4. The van der Waals surface area contributed by atoms with Gasteiger partial charge in [0.05, 0.1) is 17.4 Å². The highest BCUT2D eigenvalue weighted by Crippen LogP contribution is 2.37. The molecule has 124 valence electrons. The molecule has 4 nitrogen and oxygen atoms in total. The molecule has 0 bridgehead atoms. The van der Waals surface area contributed by atoms with Gasteiger partial charge in [0, 0.05) is 6.20 Å². The summed E-state index contributed by atoms with van der Waals surface area (Å²) in [4.78, 5) is 22.9. The summed E-state index contributed by atoms with van der Waals surface area (Å²) in [6.45, 7) is -1.99. The van der Waals surface area contributed by atoms with Crippen molar-refractivity contribution >= 4 is 16.9 Å². The van der Waals surface area contributed by atoms with Crippen molar-refractivity contribution in [1.82, 2.24) is 4.57 Å². The molecule has 1 heterocycles. The van der Waals surface area contributed by atoms with Gasteiger partial charge in [-0.25, -0.2) is 18.0 Å². The largest absolute Gasteiger partial charge is 0.477 e. The van der Waals surface area contributed by atoms with E-state index in [-0.39, 0.29) is 6.07 Å². The summed E-state index contributed by atoms with van der Waals surface area (Å²) in [5, 5.41) is 7.88. The van der Waals surface area contributed by atoms with E-state index in [0.717, 1.165) is 0 Å². The number of aromatic nitrogens is 1. The first-order chi connectivity index (χ1) is 10.6. The second-order valence-corrected chi connectivity index (χ2v) is 4.50. The molecule has 0 saturated heterocycles. The molecule has 0 amide bonds. The van der Waals surface area contributed by atoms with Crippen LogP contribution < -0.4 is 5.43 Å². The number of aromatic carboxylic acids is 1. The van der Waals surface area contributed by atoms with Crippen molar-refractivity contribution in [1.29, 1.82) is 0 Å². The number of carboxylic acids is 1. The van der Waals surface area contributed by atoms with Crippen LogP contribution in [0.15, 0.2) is 17.1 Å². The van der Waals surface area contributed by atoms with E-state index in [1.807, 2.05) is 0 Å². The van der Waals surface area contributed by atoms with E-state index in [9.17, 15) is 35.9 Å². The first-order valence-electron chi connectivity index (χ1n) is 6.01. The topological polar surface area (TPSA) is 59.3 Å². The third-order valence-electron chi connectivity index (χ3n) is 3.09. The molecule has 0 saturated carbocycles. The number of benzene rings is 1. The van der Waals surface area contributed by atoms with Crippen LogP contribution in [0.1, 0.15) is 15.9 Å². The summed E-state index contributed by atoms with van der Waals surface area (Å²) in [6, 6.07) is 0.170. The van der Waals surface area contributed by atoms with E-state index >= 15 is 0 Å². The van der Waals surface area contributed by atoms with Gasteiger partial charge in [-0.1, -0.05) is 0 Å². The number of carbonyl (C=O) groups is 1. The molecule has 0 unspecified atom stereocenters. The lowest BCUT2D eigenvalue weighted by Gasteiger charge is -2.17.